The van der Waals surface area contributed by atoms with Gasteiger partial charge in [-0.25, -0.2) is 4.98 Å². The summed E-state index contributed by atoms with van der Waals surface area (Å²) in [6, 6.07) is 14.9. The molecular formula is C27H31N3O3S. The number of para-hydroxylation sites is 1. The van der Waals surface area contributed by atoms with Gasteiger partial charge in [-0.2, -0.15) is 0 Å². The van der Waals surface area contributed by atoms with Gasteiger partial charge in [-0.05, 0) is 62.1 Å². The smallest absolute Gasteiger partial charge is 0.236 e. The molecule has 0 aliphatic carbocycles. The number of amides is 1. The molecular weight excluding hydrogens is 446 g/mol. The van der Waals surface area contributed by atoms with E-state index in [1.54, 1.807) is 11.3 Å². The van der Waals surface area contributed by atoms with Gasteiger partial charge in [0.05, 0.1) is 35.0 Å². The Labute approximate surface area is 204 Å². The topological polar surface area (TPSA) is 54.9 Å². The van der Waals surface area contributed by atoms with E-state index in [4.69, 9.17) is 14.5 Å². The van der Waals surface area contributed by atoms with Crippen LogP contribution in [0, 0.1) is 0 Å². The molecule has 6 nitrogen and oxygen atoms in total. The number of benzene rings is 2. The summed E-state index contributed by atoms with van der Waals surface area (Å²) >= 11 is 1.81. The number of hydrogen-bond acceptors (Lipinski definition) is 6. The number of nitrogens with zero attached hydrogens (tertiary/aromatic N) is 3. The maximum Gasteiger partial charge on any atom is 0.236 e. The second-order valence-corrected chi connectivity index (χ2v) is 10.6. The number of thiazole rings is 1. The van der Waals surface area contributed by atoms with Crippen molar-refractivity contribution in [3.63, 3.8) is 0 Å². The molecule has 0 saturated carbocycles. The maximum absolute atomic E-state index is 13.2. The standard InChI is InChI=1S/C27H31N3O3S/c31-26(29-13-10-19(11-14-29)27-28-21-5-1-2-7-25(21)34-27)18-30-12-3-6-22(30)20-8-9-23-24(17-20)33-16-4-15-32-23/h1-2,5,7-9,17,19,22H,3-4,6,10-16,18H2/t22-/m0/s1. The van der Waals surface area contributed by atoms with E-state index >= 15 is 0 Å². The largest absolute Gasteiger partial charge is 0.490 e. The Morgan fingerprint density at radius 3 is 2.65 bits per heavy atom. The van der Waals surface area contributed by atoms with Gasteiger partial charge in [-0.1, -0.05) is 18.2 Å². The number of carbonyl (C=O) groups is 1. The van der Waals surface area contributed by atoms with Crippen LogP contribution in [0.3, 0.4) is 0 Å². The van der Waals surface area contributed by atoms with Crippen LogP contribution in [0.25, 0.3) is 10.2 Å². The summed E-state index contributed by atoms with van der Waals surface area (Å²) in [5.41, 5.74) is 2.32. The Bertz CT molecular complexity index is 1140. The lowest BCUT2D eigenvalue weighted by atomic mass is 9.97. The first kappa shape index (κ1) is 21.9. The molecule has 178 valence electrons. The van der Waals surface area contributed by atoms with E-state index in [2.05, 4.69) is 40.1 Å². The highest BCUT2D eigenvalue weighted by Gasteiger charge is 2.32. The van der Waals surface area contributed by atoms with Crippen LogP contribution in [0.4, 0.5) is 0 Å². The molecule has 1 atom stereocenters. The number of carbonyl (C=O) groups excluding carboxylic acids is 1. The monoisotopic (exact) mass is 477 g/mol. The van der Waals surface area contributed by atoms with Crippen molar-refractivity contribution in [2.75, 3.05) is 39.4 Å². The van der Waals surface area contributed by atoms with E-state index < -0.39 is 0 Å². The van der Waals surface area contributed by atoms with Crippen molar-refractivity contribution in [3.8, 4) is 11.5 Å². The number of fused-ring (bicyclic) bond motifs is 2. The molecule has 0 spiro atoms. The Balaban J connectivity index is 1.08. The minimum Gasteiger partial charge on any atom is -0.490 e. The zero-order valence-corrected chi connectivity index (χ0v) is 20.3. The molecule has 0 bridgehead atoms. The predicted octanol–water partition coefficient (Wildman–Crippen LogP) is 5.00. The van der Waals surface area contributed by atoms with Crippen molar-refractivity contribution in [2.45, 2.75) is 44.1 Å². The molecule has 3 aromatic rings. The van der Waals surface area contributed by atoms with Crippen LogP contribution >= 0.6 is 11.3 Å². The second kappa shape index (κ2) is 9.55. The molecule has 3 aliphatic rings. The van der Waals surface area contributed by atoms with Crippen LogP contribution in [0.2, 0.25) is 0 Å². The minimum absolute atomic E-state index is 0.254. The SMILES string of the molecule is O=C(CN1CCC[C@H]1c1ccc2c(c1)OCCCO2)N1CCC(c2nc3ccccc3s2)CC1. The number of piperidine rings is 1. The average molecular weight is 478 g/mol. The van der Waals surface area contributed by atoms with Gasteiger partial charge < -0.3 is 14.4 Å². The van der Waals surface area contributed by atoms with Crippen molar-refractivity contribution in [2.24, 2.45) is 0 Å². The van der Waals surface area contributed by atoms with Crippen molar-refractivity contribution in [1.82, 2.24) is 14.8 Å². The summed E-state index contributed by atoms with van der Waals surface area (Å²) in [5.74, 6) is 2.38. The van der Waals surface area contributed by atoms with Crippen LogP contribution in [-0.2, 0) is 4.79 Å². The first-order valence-corrected chi connectivity index (χ1v) is 13.3. The van der Waals surface area contributed by atoms with Gasteiger partial charge in [0.25, 0.3) is 0 Å². The fourth-order valence-electron chi connectivity index (χ4n) is 5.49. The number of rotatable bonds is 4. The summed E-state index contributed by atoms with van der Waals surface area (Å²) in [5, 5.41) is 1.22. The van der Waals surface area contributed by atoms with Crippen molar-refractivity contribution in [3.05, 3.63) is 53.0 Å². The summed E-state index contributed by atoms with van der Waals surface area (Å²) in [6.45, 7) is 4.49. The molecule has 6 rings (SSSR count). The van der Waals surface area contributed by atoms with Gasteiger partial charge in [0.2, 0.25) is 5.91 Å². The number of likely N-dealkylation sites (tertiary alicyclic amines) is 2. The summed E-state index contributed by atoms with van der Waals surface area (Å²) < 4.78 is 12.9. The van der Waals surface area contributed by atoms with E-state index in [9.17, 15) is 4.79 Å². The van der Waals surface area contributed by atoms with Crippen LogP contribution < -0.4 is 9.47 Å². The number of aromatic nitrogens is 1. The Morgan fingerprint density at radius 1 is 0.971 bits per heavy atom. The highest BCUT2D eigenvalue weighted by atomic mass is 32.1. The molecule has 0 radical (unpaired) electrons. The second-order valence-electron chi connectivity index (χ2n) is 9.56. The van der Waals surface area contributed by atoms with Gasteiger partial charge in [0, 0.05) is 31.5 Å². The highest BCUT2D eigenvalue weighted by Crippen LogP contribution is 2.38. The lowest BCUT2D eigenvalue weighted by molar-refractivity contribution is -0.133. The van der Waals surface area contributed by atoms with Crippen molar-refractivity contribution in [1.29, 1.82) is 0 Å². The van der Waals surface area contributed by atoms with Gasteiger partial charge >= 0.3 is 0 Å². The lowest BCUT2D eigenvalue weighted by Crippen LogP contribution is -2.43. The van der Waals surface area contributed by atoms with Gasteiger partial charge in [-0.15, -0.1) is 11.3 Å². The first-order valence-electron chi connectivity index (χ1n) is 12.5. The summed E-state index contributed by atoms with van der Waals surface area (Å²) in [4.78, 5) is 22.5. The van der Waals surface area contributed by atoms with Crippen molar-refractivity contribution >= 4 is 27.5 Å². The molecule has 1 amide bonds. The summed E-state index contributed by atoms with van der Waals surface area (Å²) in [6.07, 6.45) is 5.09. The zero-order valence-electron chi connectivity index (χ0n) is 19.4. The van der Waals surface area contributed by atoms with E-state index in [0.29, 0.717) is 25.7 Å². The molecule has 7 heteroatoms. The molecule has 0 unspecified atom stereocenters. The van der Waals surface area contributed by atoms with E-state index in [1.807, 2.05) is 12.1 Å². The van der Waals surface area contributed by atoms with Crippen molar-refractivity contribution < 1.29 is 14.3 Å². The van der Waals surface area contributed by atoms with Crippen LogP contribution in [-0.4, -0.2) is 60.1 Å². The molecule has 2 aromatic carbocycles. The minimum atomic E-state index is 0.254. The third kappa shape index (κ3) is 4.39. The molecule has 2 fully saturated rings. The predicted molar refractivity (Wildman–Crippen MR) is 134 cm³/mol. The average Bonchev–Trinajstić information content (AvgIpc) is 3.45. The van der Waals surface area contributed by atoms with Crippen LogP contribution in [0.15, 0.2) is 42.5 Å². The Kier molecular flexibility index (Phi) is 6.14. The molecule has 1 aromatic heterocycles. The van der Waals surface area contributed by atoms with Gasteiger partial charge in [0.15, 0.2) is 11.5 Å². The van der Waals surface area contributed by atoms with E-state index in [0.717, 1.165) is 68.8 Å². The Morgan fingerprint density at radius 2 is 1.79 bits per heavy atom. The fourth-order valence-corrected chi connectivity index (χ4v) is 6.63. The number of ether oxygens (including phenoxy) is 2. The molecule has 2 saturated heterocycles. The third-order valence-electron chi connectivity index (χ3n) is 7.37. The van der Waals surface area contributed by atoms with Gasteiger partial charge in [0.1, 0.15) is 0 Å². The molecule has 4 heterocycles. The first-order chi connectivity index (χ1) is 16.7. The lowest BCUT2D eigenvalue weighted by Gasteiger charge is -2.33. The highest BCUT2D eigenvalue weighted by molar-refractivity contribution is 7.18. The van der Waals surface area contributed by atoms with Crippen LogP contribution in [0.1, 0.15) is 54.6 Å². The summed E-state index contributed by atoms with van der Waals surface area (Å²) in [7, 11) is 0. The quantitative estimate of drug-likeness (QED) is 0.529. The fraction of sp³-hybridized carbons (Fsp3) is 0.481. The van der Waals surface area contributed by atoms with E-state index in [1.165, 1.54) is 15.3 Å². The van der Waals surface area contributed by atoms with Crippen LogP contribution in [0.5, 0.6) is 11.5 Å². The third-order valence-corrected chi connectivity index (χ3v) is 8.56. The zero-order chi connectivity index (χ0) is 22.9. The normalized spacial score (nSPS) is 21.6. The van der Waals surface area contributed by atoms with Gasteiger partial charge in [-0.3, -0.25) is 9.69 Å². The Hall–Kier alpha value is -2.64. The van der Waals surface area contributed by atoms with E-state index in [-0.39, 0.29) is 11.9 Å². The molecule has 0 N–H and O–H groups in total. The molecule has 34 heavy (non-hydrogen) atoms. The maximum atomic E-state index is 13.2. The number of hydrogen-bond donors (Lipinski definition) is 0. The molecule has 3 aliphatic heterocycles.